The average molecular weight is 316 g/mol. The molecule has 0 aliphatic heterocycles. The first-order chi connectivity index (χ1) is 9.49. The molecule has 0 saturated carbocycles. The fraction of sp³-hybridized carbons (Fsp3) is 0.533. The van der Waals surface area contributed by atoms with Crippen molar-refractivity contribution in [1.82, 2.24) is 5.32 Å². The topological polar surface area (TPSA) is 49.3 Å². The fourth-order valence-electron chi connectivity index (χ4n) is 1.59. The van der Waals surface area contributed by atoms with Crippen LogP contribution in [0.25, 0.3) is 0 Å². The molecule has 20 heavy (non-hydrogen) atoms. The maximum atomic E-state index is 11.8. The Morgan fingerprint density at radius 3 is 2.60 bits per heavy atom. The summed E-state index contributed by atoms with van der Waals surface area (Å²) in [5.41, 5.74) is -0.500. The summed E-state index contributed by atoms with van der Waals surface area (Å²) < 4.78 is 0. The number of halogens is 1. The Labute approximate surface area is 130 Å². The molecular weight excluding hydrogens is 294 g/mol. The number of aliphatic hydroxyl groups excluding tert-OH is 1. The van der Waals surface area contributed by atoms with Gasteiger partial charge < -0.3 is 10.4 Å². The Morgan fingerprint density at radius 1 is 1.40 bits per heavy atom. The second kappa shape index (κ2) is 8.55. The van der Waals surface area contributed by atoms with Crippen LogP contribution < -0.4 is 5.32 Å². The zero-order valence-corrected chi connectivity index (χ0v) is 13.6. The van der Waals surface area contributed by atoms with Crippen molar-refractivity contribution in [2.75, 3.05) is 12.4 Å². The molecule has 0 fully saturated rings. The highest BCUT2D eigenvalue weighted by Crippen LogP contribution is 2.21. The van der Waals surface area contributed by atoms with E-state index >= 15 is 0 Å². The molecule has 0 spiro atoms. The molecule has 0 radical (unpaired) electrons. The third kappa shape index (κ3) is 6.16. The van der Waals surface area contributed by atoms with Crippen LogP contribution in [0.1, 0.15) is 33.1 Å². The smallest absolute Gasteiger partial charge is 0.220 e. The molecule has 1 atom stereocenters. The minimum absolute atomic E-state index is 0.0000983. The Bertz CT molecular complexity index is 418. The van der Waals surface area contributed by atoms with E-state index in [4.69, 9.17) is 11.6 Å². The van der Waals surface area contributed by atoms with Crippen LogP contribution in [0.2, 0.25) is 5.02 Å². The first-order valence-electron chi connectivity index (χ1n) is 6.79. The summed E-state index contributed by atoms with van der Waals surface area (Å²) in [4.78, 5) is 12.9. The Balaban J connectivity index is 2.24. The van der Waals surface area contributed by atoms with E-state index in [2.05, 4.69) is 5.32 Å². The zero-order valence-electron chi connectivity index (χ0n) is 12.0. The predicted molar refractivity (Wildman–Crippen MR) is 85.3 cm³/mol. The summed E-state index contributed by atoms with van der Waals surface area (Å²) in [5, 5.41) is 12.9. The van der Waals surface area contributed by atoms with Crippen molar-refractivity contribution < 1.29 is 9.90 Å². The van der Waals surface area contributed by atoms with E-state index in [1.807, 2.05) is 38.1 Å². The highest BCUT2D eigenvalue weighted by atomic mass is 35.5. The normalized spacial score (nSPS) is 13.8. The maximum Gasteiger partial charge on any atom is 0.220 e. The molecule has 0 aromatic heterocycles. The summed E-state index contributed by atoms with van der Waals surface area (Å²) in [6.07, 6.45) is 2.01. The Kier molecular flexibility index (Phi) is 7.41. The van der Waals surface area contributed by atoms with Gasteiger partial charge in [0, 0.05) is 16.3 Å². The predicted octanol–water partition coefficient (Wildman–Crippen LogP) is 3.49. The third-order valence-corrected chi connectivity index (χ3v) is 4.55. The minimum Gasteiger partial charge on any atom is -0.394 e. The first kappa shape index (κ1) is 17.3. The van der Waals surface area contributed by atoms with E-state index in [0.29, 0.717) is 6.42 Å². The molecule has 0 aliphatic rings. The number of thioether (sulfide) groups is 1. The van der Waals surface area contributed by atoms with Gasteiger partial charge in [-0.1, -0.05) is 18.5 Å². The number of hydrogen-bond donors (Lipinski definition) is 2. The molecule has 0 bridgehead atoms. The Hall–Kier alpha value is -0.710. The van der Waals surface area contributed by atoms with Crippen molar-refractivity contribution in [3.8, 4) is 0 Å². The largest absolute Gasteiger partial charge is 0.394 e. The van der Waals surface area contributed by atoms with Crippen molar-refractivity contribution in [2.45, 2.75) is 43.5 Å². The standard InChI is InChI=1S/C15H22ClNO2S/c1-3-15(2,11-18)17-14(19)5-4-10-20-13-8-6-12(16)7-9-13/h6-9,18H,3-5,10-11H2,1-2H3,(H,17,19). The van der Waals surface area contributed by atoms with Gasteiger partial charge in [0.05, 0.1) is 12.1 Å². The van der Waals surface area contributed by atoms with Gasteiger partial charge in [-0.15, -0.1) is 11.8 Å². The molecule has 1 amide bonds. The zero-order chi connectivity index (χ0) is 15.0. The van der Waals surface area contributed by atoms with Crippen LogP contribution in [0.5, 0.6) is 0 Å². The average Bonchev–Trinajstić information content (AvgIpc) is 2.45. The molecule has 5 heteroatoms. The lowest BCUT2D eigenvalue weighted by atomic mass is 10.00. The van der Waals surface area contributed by atoms with E-state index in [0.717, 1.165) is 28.5 Å². The number of carbonyl (C=O) groups is 1. The van der Waals surface area contributed by atoms with Crippen LogP contribution in [0.4, 0.5) is 0 Å². The van der Waals surface area contributed by atoms with Gasteiger partial charge in [-0.2, -0.15) is 0 Å². The second-order valence-corrected chi connectivity index (χ2v) is 6.63. The van der Waals surface area contributed by atoms with Gasteiger partial charge in [0.1, 0.15) is 0 Å². The molecule has 2 N–H and O–H groups in total. The lowest BCUT2D eigenvalue weighted by Gasteiger charge is -2.27. The summed E-state index contributed by atoms with van der Waals surface area (Å²) in [6, 6.07) is 7.69. The highest BCUT2D eigenvalue weighted by Gasteiger charge is 2.22. The molecule has 0 aliphatic carbocycles. The van der Waals surface area contributed by atoms with Gasteiger partial charge in [-0.25, -0.2) is 0 Å². The van der Waals surface area contributed by atoms with Gasteiger partial charge in [-0.05, 0) is 49.8 Å². The van der Waals surface area contributed by atoms with Crippen molar-refractivity contribution in [1.29, 1.82) is 0 Å². The van der Waals surface area contributed by atoms with Crippen LogP contribution in [0.3, 0.4) is 0 Å². The van der Waals surface area contributed by atoms with E-state index in [1.165, 1.54) is 0 Å². The molecule has 1 rings (SSSR count). The number of rotatable bonds is 8. The van der Waals surface area contributed by atoms with Crippen molar-refractivity contribution >= 4 is 29.3 Å². The SMILES string of the molecule is CCC(C)(CO)NC(=O)CCCSc1ccc(Cl)cc1. The maximum absolute atomic E-state index is 11.8. The van der Waals surface area contributed by atoms with Gasteiger partial charge >= 0.3 is 0 Å². The fourth-order valence-corrected chi connectivity index (χ4v) is 2.57. The molecule has 3 nitrogen and oxygen atoms in total. The number of amides is 1. The summed E-state index contributed by atoms with van der Waals surface area (Å²) in [5.74, 6) is 0.886. The van der Waals surface area contributed by atoms with Gasteiger partial charge in [0.2, 0.25) is 5.91 Å². The van der Waals surface area contributed by atoms with Crippen molar-refractivity contribution in [2.24, 2.45) is 0 Å². The minimum atomic E-state index is -0.500. The van der Waals surface area contributed by atoms with E-state index < -0.39 is 5.54 Å². The second-order valence-electron chi connectivity index (χ2n) is 5.03. The van der Waals surface area contributed by atoms with Gasteiger partial charge in [0.25, 0.3) is 0 Å². The molecule has 1 unspecified atom stereocenters. The molecule has 1 aromatic carbocycles. The van der Waals surface area contributed by atoms with Crippen LogP contribution in [0.15, 0.2) is 29.2 Å². The number of nitrogens with one attached hydrogen (secondary N) is 1. The molecule has 112 valence electrons. The van der Waals surface area contributed by atoms with Crippen LogP contribution in [-0.2, 0) is 4.79 Å². The van der Waals surface area contributed by atoms with Crippen molar-refractivity contribution in [3.63, 3.8) is 0 Å². The van der Waals surface area contributed by atoms with E-state index in [9.17, 15) is 9.90 Å². The number of carbonyl (C=O) groups excluding carboxylic acids is 1. The van der Waals surface area contributed by atoms with Crippen LogP contribution >= 0.6 is 23.4 Å². The summed E-state index contributed by atoms with van der Waals surface area (Å²) in [6.45, 7) is 3.77. The number of aliphatic hydroxyl groups is 1. The third-order valence-electron chi connectivity index (χ3n) is 3.20. The molecule has 0 heterocycles. The van der Waals surface area contributed by atoms with E-state index in [1.54, 1.807) is 11.8 Å². The van der Waals surface area contributed by atoms with Crippen LogP contribution in [-0.4, -0.2) is 28.9 Å². The van der Waals surface area contributed by atoms with Crippen molar-refractivity contribution in [3.05, 3.63) is 29.3 Å². The quantitative estimate of drug-likeness (QED) is 0.570. The first-order valence-corrected chi connectivity index (χ1v) is 8.15. The van der Waals surface area contributed by atoms with Gasteiger partial charge in [-0.3, -0.25) is 4.79 Å². The van der Waals surface area contributed by atoms with Crippen LogP contribution in [0, 0.1) is 0 Å². The van der Waals surface area contributed by atoms with Gasteiger partial charge in [0.15, 0.2) is 0 Å². The molecule has 1 aromatic rings. The summed E-state index contributed by atoms with van der Waals surface area (Å²) in [7, 11) is 0. The highest BCUT2D eigenvalue weighted by molar-refractivity contribution is 7.99. The molecular formula is C15H22ClNO2S. The number of hydrogen-bond acceptors (Lipinski definition) is 3. The summed E-state index contributed by atoms with van der Waals surface area (Å²) >= 11 is 7.53. The molecule has 0 saturated heterocycles. The number of benzene rings is 1. The Morgan fingerprint density at radius 2 is 2.05 bits per heavy atom. The monoisotopic (exact) mass is 315 g/mol. The lowest BCUT2D eigenvalue weighted by molar-refractivity contribution is -0.123. The van der Waals surface area contributed by atoms with E-state index in [-0.39, 0.29) is 12.5 Å². The lowest BCUT2D eigenvalue weighted by Crippen LogP contribution is -2.48.